The van der Waals surface area contributed by atoms with E-state index in [1.807, 2.05) is 26.8 Å². The highest BCUT2D eigenvalue weighted by Crippen LogP contribution is 2.55. The van der Waals surface area contributed by atoms with E-state index in [2.05, 4.69) is 76.8 Å². The first-order chi connectivity index (χ1) is 37.6. The molecule has 6 heterocycles. The lowest BCUT2D eigenvalue weighted by atomic mass is 9.59. The van der Waals surface area contributed by atoms with Crippen LogP contribution in [0.2, 0.25) is 0 Å². The Labute approximate surface area is 463 Å². The van der Waals surface area contributed by atoms with Crippen LogP contribution in [0.4, 0.5) is 21.9 Å². The number of nitro benzene ring substituents is 1. The number of H-pyrrole nitrogens is 1. The van der Waals surface area contributed by atoms with E-state index in [1.165, 1.54) is 30.0 Å². The van der Waals surface area contributed by atoms with Crippen LogP contribution in [0.5, 0.6) is 23.1 Å². The number of aromatic nitrogens is 2. The van der Waals surface area contributed by atoms with Crippen LogP contribution in [0.3, 0.4) is 0 Å². The van der Waals surface area contributed by atoms with Crippen LogP contribution in [0.1, 0.15) is 153 Å². The first kappa shape index (κ1) is 54.4. The summed E-state index contributed by atoms with van der Waals surface area (Å²) in [5.74, 6) is 0.0194. The molecule has 3 N–H and O–H groups in total. The summed E-state index contributed by atoms with van der Waals surface area (Å²) in [4.78, 5) is 53.7. The molecular weight excluding hydrogens is 1020 g/mol. The zero-order valence-electron chi connectivity index (χ0n) is 46.6. The average molecular weight is 1100 g/mol. The Bertz CT molecular complexity index is 3240. The molecule has 4 aliphatic heterocycles. The number of carbonyl (C=O) groups is 2. The number of carbonyl (C=O) groups excluding carboxylic acids is 2. The van der Waals surface area contributed by atoms with Crippen molar-refractivity contribution >= 4 is 50.1 Å². The molecule has 3 aromatic carbocycles. The van der Waals surface area contributed by atoms with Crippen molar-refractivity contribution in [2.75, 3.05) is 49.5 Å². The summed E-state index contributed by atoms with van der Waals surface area (Å²) in [6.07, 6.45) is 11.9. The van der Waals surface area contributed by atoms with Crippen LogP contribution in [0, 0.1) is 26.9 Å². The van der Waals surface area contributed by atoms with Gasteiger partial charge >= 0.3 is 6.09 Å². The molecule has 2 aliphatic carbocycles. The molecule has 3 saturated heterocycles. The maximum atomic E-state index is 14.6. The van der Waals surface area contributed by atoms with Gasteiger partial charge in [0.1, 0.15) is 29.7 Å². The molecular formula is C60H76N8O10S. The molecule has 0 unspecified atom stereocenters. The predicted molar refractivity (Wildman–Crippen MR) is 302 cm³/mol. The van der Waals surface area contributed by atoms with Crippen LogP contribution in [-0.4, -0.2) is 108 Å². The largest absolute Gasteiger partial charge is 0.489 e. The zero-order valence-corrected chi connectivity index (χ0v) is 47.5. The first-order valence-corrected chi connectivity index (χ1v) is 29.9. The van der Waals surface area contributed by atoms with Gasteiger partial charge in [-0.15, -0.1) is 0 Å². The number of hydrogen-bond acceptors (Lipinski definition) is 14. The number of likely N-dealkylation sites (tertiary alicyclic amines) is 2. The topological polar surface area (TPSA) is 211 Å². The molecule has 11 rings (SSSR count). The van der Waals surface area contributed by atoms with Crippen molar-refractivity contribution in [3.05, 3.63) is 99.7 Å². The van der Waals surface area contributed by atoms with Gasteiger partial charge in [0.2, 0.25) is 0 Å². The number of ether oxygens (including phenoxy) is 4. The van der Waals surface area contributed by atoms with E-state index < -0.39 is 49.2 Å². The molecule has 79 heavy (non-hydrogen) atoms. The lowest BCUT2D eigenvalue weighted by Crippen LogP contribution is -2.54. The van der Waals surface area contributed by atoms with Crippen LogP contribution < -0.4 is 29.1 Å². The Hall–Kier alpha value is -6.60. The van der Waals surface area contributed by atoms with E-state index in [-0.39, 0.29) is 70.3 Å². The van der Waals surface area contributed by atoms with E-state index in [0.29, 0.717) is 42.0 Å². The van der Waals surface area contributed by atoms with Gasteiger partial charge in [-0.2, -0.15) is 4.98 Å². The van der Waals surface area contributed by atoms with Crippen LogP contribution in [0.25, 0.3) is 11.0 Å². The molecule has 2 saturated carbocycles. The molecule has 0 radical (unpaired) electrons. The molecule has 2 amide bonds. The number of hydrogen-bond donors (Lipinski definition) is 3. The number of nitrogens with zero attached hydrogens (tertiary/aromatic N) is 5. The normalized spacial score (nSPS) is 22.5. The second-order valence-electron chi connectivity index (χ2n) is 25.2. The van der Waals surface area contributed by atoms with Crippen LogP contribution in [0.15, 0.2) is 77.8 Å². The Morgan fingerprint density at radius 2 is 1.68 bits per heavy atom. The fourth-order valence-corrected chi connectivity index (χ4v) is 14.3. The minimum absolute atomic E-state index is 0.0211. The molecule has 5 aromatic rings. The molecule has 2 aromatic heterocycles. The van der Waals surface area contributed by atoms with Crippen LogP contribution in [-0.2, 0) is 14.8 Å². The van der Waals surface area contributed by atoms with Gasteiger partial charge in [-0.05, 0) is 150 Å². The maximum absolute atomic E-state index is 14.6. The number of sulfonamides is 1. The van der Waals surface area contributed by atoms with Gasteiger partial charge in [0.05, 0.1) is 28.0 Å². The third-order valence-electron chi connectivity index (χ3n) is 17.7. The smallest absolute Gasteiger partial charge is 0.410 e. The van der Waals surface area contributed by atoms with Crippen molar-refractivity contribution in [2.24, 2.45) is 16.7 Å². The highest BCUT2D eigenvalue weighted by atomic mass is 32.2. The standard InChI is InChI=1S/C60H76N8O10S/c1-37(2)44-11-8-9-12-45(44)48-13-10-25-67(48)41-33-60(34-41)22-27-65(28-23-60)40-14-15-46(50(30-40)77-52-29-39-18-24-61-54(39)63-56(52)76-42-19-26-66(35-42)57(70)78-58(3,4)5)55(69)64-79(73,74)43-31-49(68(71)72)53-51(32-43)75-36-47(62-53)38-16-20-59(6,7)21-17-38/h8-9,11-12,14-15,18,24,29-32,37-38,41-42,47-48,62H,10,13,16-17,19-23,25-28,33-36H2,1-7H3,(H,61,63)(H,64,69)/t42-,47-,48-/m1/s1. The molecule has 3 atom stereocenters. The number of piperidine rings is 1. The molecule has 1 spiro atoms. The van der Waals surface area contributed by atoms with E-state index in [9.17, 15) is 28.1 Å². The molecule has 19 heteroatoms. The number of nitrogens with one attached hydrogen (secondary N) is 3. The third-order valence-corrected chi connectivity index (χ3v) is 19.0. The minimum atomic E-state index is -4.74. The van der Waals surface area contributed by atoms with Gasteiger partial charge in [-0.25, -0.2) is 17.9 Å². The van der Waals surface area contributed by atoms with E-state index >= 15 is 0 Å². The third kappa shape index (κ3) is 11.4. The van der Waals surface area contributed by atoms with E-state index in [4.69, 9.17) is 23.9 Å². The van der Waals surface area contributed by atoms with Crippen molar-refractivity contribution in [1.82, 2.24) is 24.5 Å². The lowest BCUT2D eigenvalue weighted by Gasteiger charge is -2.56. The van der Waals surface area contributed by atoms with Gasteiger partial charge in [0.25, 0.3) is 27.5 Å². The first-order valence-electron chi connectivity index (χ1n) is 28.4. The lowest BCUT2D eigenvalue weighted by molar-refractivity contribution is -0.384. The van der Waals surface area contributed by atoms with Crippen LogP contribution >= 0.6 is 0 Å². The van der Waals surface area contributed by atoms with Crippen molar-refractivity contribution in [3.8, 4) is 23.1 Å². The number of nitro groups is 1. The van der Waals surface area contributed by atoms with Gasteiger partial charge < -0.3 is 39.0 Å². The summed E-state index contributed by atoms with van der Waals surface area (Å²) in [6.45, 7) is 18.0. The minimum Gasteiger partial charge on any atom is -0.489 e. The summed E-state index contributed by atoms with van der Waals surface area (Å²) in [5, 5.41) is 16.6. The highest BCUT2D eigenvalue weighted by molar-refractivity contribution is 7.90. The molecule has 18 nitrogen and oxygen atoms in total. The zero-order chi connectivity index (χ0) is 55.6. The Balaban J connectivity index is 0.852. The number of pyridine rings is 1. The number of amides is 2. The van der Waals surface area contributed by atoms with E-state index in [1.54, 1.807) is 35.4 Å². The number of anilines is 2. The predicted octanol–water partition coefficient (Wildman–Crippen LogP) is 11.9. The molecule has 422 valence electrons. The van der Waals surface area contributed by atoms with Gasteiger partial charge in [-0.1, -0.05) is 52.0 Å². The van der Waals surface area contributed by atoms with Crippen molar-refractivity contribution in [2.45, 2.75) is 160 Å². The quantitative estimate of drug-likeness (QED) is 0.0740. The summed E-state index contributed by atoms with van der Waals surface area (Å²) < 4.78 is 55.9. The Kier molecular flexibility index (Phi) is 14.5. The molecule has 6 aliphatic rings. The number of aromatic amines is 1. The van der Waals surface area contributed by atoms with Crippen molar-refractivity contribution < 1.29 is 41.9 Å². The number of fused-ring (bicyclic) bond motifs is 2. The second kappa shape index (κ2) is 21.1. The van der Waals surface area contributed by atoms with Crippen molar-refractivity contribution in [1.29, 1.82) is 0 Å². The summed E-state index contributed by atoms with van der Waals surface area (Å²) in [5.41, 5.74) is 3.57. The van der Waals surface area contributed by atoms with Gasteiger partial charge in [0, 0.05) is 73.6 Å². The summed E-state index contributed by atoms with van der Waals surface area (Å²) >= 11 is 0. The van der Waals surface area contributed by atoms with Gasteiger partial charge in [0.15, 0.2) is 17.2 Å². The summed E-state index contributed by atoms with van der Waals surface area (Å²) in [6, 6.07) is 20.6. The van der Waals surface area contributed by atoms with Crippen molar-refractivity contribution in [3.63, 3.8) is 0 Å². The monoisotopic (exact) mass is 1100 g/mol. The average Bonchev–Trinajstić information content (AvgIpc) is 4.25. The van der Waals surface area contributed by atoms with Gasteiger partial charge in [-0.3, -0.25) is 19.8 Å². The maximum Gasteiger partial charge on any atom is 0.410 e. The fourth-order valence-electron chi connectivity index (χ4n) is 13.3. The Morgan fingerprint density at radius 3 is 2.42 bits per heavy atom. The summed E-state index contributed by atoms with van der Waals surface area (Å²) in [7, 11) is -4.74. The molecule has 0 bridgehead atoms. The molecule has 5 fully saturated rings. The SMILES string of the molecule is CC(C)c1ccccc1[C@H]1CCCN1C1CC2(CCN(c3ccc(C(=O)NS(=O)(=O)c4cc5c(c([N+](=O)[O-])c4)N[C@@H](C4CCC(C)(C)CC4)CO5)c(Oc4cc5cc[nH]c5nc4O[C@@H]4CCN(C(=O)OC(C)(C)C)C4)c3)CC2)C1. The number of benzene rings is 3. The van der Waals surface area contributed by atoms with E-state index in [0.717, 1.165) is 82.8 Å². The second-order valence-corrected chi connectivity index (χ2v) is 26.9. The number of rotatable bonds is 13. The Morgan fingerprint density at radius 1 is 0.924 bits per heavy atom. The fraction of sp³-hybridized carbons (Fsp3) is 0.550. The highest BCUT2D eigenvalue weighted by Gasteiger charge is 2.50.